The summed E-state index contributed by atoms with van der Waals surface area (Å²) in [7, 11) is -2.51. The molecule has 0 amide bonds. The third kappa shape index (κ3) is 4.46. The Labute approximate surface area is 140 Å². The molecule has 0 saturated carbocycles. The van der Waals surface area contributed by atoms with E-state index in [9.17, 15) is 8.42 Å². The summed E-state index contributed by atoms with van der Waals surface area (Å²) in [5.74, 6) is 0.875. The number of benzene rings is 1. The molecule has 2 aromatic rings. The lowest BCUT2D eigenvalue weighted by Gasteiger charge is -2.11. The molecule has 1 aromatic carbocycles. The van der Waals surface area contributed by atoms with Gasteiger partial charge in [-0.3, -0.25) is 4.72 Å². The molecule has 1 aromatic heterocycles. The van der Waals surface area contributed by atoms with Gasteiger partial charge in [0.05, 0.1) is 7.11 Å². The number of sulfonamides is 1. The van der Waals surface area contributed by atoms with E-state index in [4.69, 9.17) is 16.3 Å². The molecule has 0 spiro atoms. The van der Waals surface area contributed by atoms with Gasteiger partial charge in [0.25, 0.3) is 10.0 Å². The van der Waals surface area contributed by atoms with Gasteiger partial charge in [0.15, 0.2) is 5.82 Å². The van der Waals surface area contributed by atoms with Gasteiger partial charge in [0.1, 0.15) is 16.5 Å². The van der Waals surface area contributed by atoms with Gasteiger partial charge in [-0.25, -0.2) is 8.42 Å². The lowest BCUT2D eigenvalue weighted by Crippen LogP contribution is -2.15. The second kappa shape index (κ2) is 7.47. The summed E-state index contributed by atoms with van der Waals surface area (Å²) in [4.78, 5) is -0.0671. The minimum atomic E-state index is -3.89. The number of anilines is 2. The Morgan fingerprint density at radius 2 is 1.87 bits per heavy atom. The summed E-state index contributed by atoms with van der Waals surface area (Å²) < 4.78 is 32.3. The van der Waals surface area contributed by atoms with Crippen molar-refractivity contribution in [3.05, 3.63) is 35.4 Å². The molecular formula is C14H17ClN4O3S. The largest absolute Gasteiger partial charge is 0.495 e. The van der Waals surface area contributed by atoms with Gasteiger partial charge in [-0.2, -0.15) is 0 Å². The molecule has 0 saturated heterocycles. The predicted octanol–water partition coefficient (Wildman–Crippen LogP) is 2.76. The quantitative estimate of drug-likeness (QED) is 0.792. The zero-order chi connectivity index (χ0) is 16.9. The maximum Gasteiger partial charge on any atom is 0.266 e. The molecule has 0 aliphatic heterocycles. The Balaban J connectivity index is 2.23. The molecule has 9 heteroatoms. The van der Waals surface area contributed by atoms with Crippen LogP contribution in [0.2, 0.25) is 5.02 Å². The molecule has 0 fully saturated rings. The first-order chi connectivity index (χ1) is 11.0. The molecule has 23 heavy (non-hydrogen) atoms. The molecular weight excluding hydrogens is 340 g/mol. The molecule has 0 bridgehead atoms. The number of rotatable bonds is 7. The van der Waals surface area contributed by atoms with E-state index in [1.165, 1.54) is 25.3 Å². The molecule has 7 nitrogen and oxygen atoms in total. The van der Waals surface area contributed by atoms with E-state index >= 15 is 0 Å². The van der Waals surface area contributed by atoms with Crippen molar-refractivity contribution < 1.29 is 13.2 Å². The van der Waals surface area contributed by atoms with Crippen LogP contribution in [0.4, 0.5) is 11.6 Å². The average molecular weight is 357 g/mol. The Morgan fingerprint density at radius 1 is 1.17 bits per heavy atom. The minimum absolute atomic E-state index is 0.0671. The smallest absolute Gasteiger partial charge is 0.266 e. The number of methoxy groups -OCH3 is 1. The first-order valence-electron chi connectivity index (χ1n) is 6.90. The number of aromatic nitrogens is 2. The molecule has 0 aliphatic rings. The SMILES string of the molecule is CCCNc1ccc(NS(=O)(=O)c2cc(Cl)ccc2OC)nn1. The fourth-order valence-electron chi connectivity index (χ4n) is 1.79. The Hall–Kier alpha value is -2.06. The van der Waals surface area contributed by atoms with Crippen molar-refractivity contribution in [3.63, 3.8) is 0 Å². The summed E-state index contributed by atoms with van der Waals surface area (Å²) in [6.45, 7) is 2.79. The number of hydrogen-bond donors (Lipinski definition) is 2. The van der Waals surface area contributed by atoms with Crippen LogP contribution in [0.25, 0.3) is 0 Å². The molecule has 2 rings (SSSR count). The highest BCUT2D eigenvalue weighted by Gasteiger charge is 2.20. The third-order valence-electron chi connectivity index (χ3n) is 2.87. The summed E-state index contributed by atoms with van der Waals surface area (Å²) >= 11 is 5.87. The molecule has 0 aliphatic carbocycles. The van der Waals surface area contributed by atoms with Crippen molar-refractivity contribution in [1.82, 2.24) is 10.2 Å². The Kier molecular flexibility index (Phi) is 5.62. The van der Waals surface area contributed by atoms with Crippen LogP contribution in [0.1, 0.15) is 13.3 Å². The summed E-state index contributed by atoms with van der Waals surface area (Å²) in [5, 5.41) is 11.1. The number of nitrogens with zero attached hydrogens (tertiary/aromatic N) is 2. The summed E-state index contributed by atoms with van der Waals surface area (Å²) in [6, 6.07) is 7.52. The normalized spacial score (nSPS) is 11.1. The Morgan fingerprint density at radius 3 is 2.48 bits per heavy atom. The highest BCUT2D eigenvalue weighted by atomic mass is 35.5. The van der Waals surface area contributed by atoms with Crippen molar-refractivity contribution in [2.75, 3.05) is 23.7 Å². The fraction of sp³-hybridized carbons (Fsp3) is 0.286. The molecule has 0 radical (unpaired) electrons. The van der Waals surface area contributed by atoms with E-state index in [-0.39, 0.29) is 21.5 Å². The molecule has 2 N–H and O–H groups in total. The van der Waals surface area contributed by atoms with E-state index in [1.54, 1.807) is 12.1 Å². The number of nitrogens with one attached hydrogen (secondary N) is 2. The van der Waals surface area contributed by atoms with Crippen LogP contribution in [0.15, 0.2) is 35.2 Å². The predicted molar refractivity (Wildman–Crippen MR) is 89.6 cm³/mol. The van der Waals surface area contributed by atoms with Crippen molar-refractivity contribution in [3.8, 4) is 5.75 Å². The summed E-state index contributed by atoms with van der Waals surface area (Å²) in [6.07, 6.45) is 0.949. The lowest BCUT2D eigenvalue weighted by atomic mass is 10.3. The van der Waals surface area contributed by atoms with E-state index in [1.807, 2.05) is 6.92 Å². The molecule has 124 valence electrons. The number of halogens is 1. The van der Waals surface area contributed by atoms with E-state index in [2.05, 4.69) is 20.2 Å². The van der Waals surface area contributed by atoms with E-state index in [0.29, 0.717) is 5.82 Å². The maximum atomic E-state index is 12.5. The third-order valence-corrected chi connectivity index (χ3v) is 4.49. The lowest BCUT2D eigenvalue weighted by molar-refractivity contribution is 0.403. The zero-order valence-corrected chi connectivity index (χ0v) is 14.3. The Bertz CT molecular complexity index is 766. The van der Waals surface area contributed by atoms with Gasteiger partial charge in [-0.1, -0.05) is 18.5 Å². The number of hydrogen-bond acceptors (Lipinski definition) is 6. The van der Waals surface area contributed by atoms with Crippen molar-refractivity contribution in [1.29, 1.82) is 0 Å². The van der Waals surface area contributed by atoms with Crippen LogP contribution < -0.4 is 14.8 Å². The van der Waals surface area contributed by atoms with Crippen LogP contribution in [0, 0.1) is 0 Å². The van der Waals surface area contributed by atoms with E-state index in [0.717, 1.165) is 13.0 Å². The monoisotopic (exact) mass is 356 g/mol. The van der Waals surface area contributed by atoms with Gasteiger partial charge in [0.2, 0.25) is 0 Å². The minimum Gasteiger partial charge on any atom is -0.495 e. The van der Waals surface area contributed by atoms with Crippen molar-refractivity contribution in [2.45, 2.75) is 18.2 Å². The van der Waals surface area contributed by atoms with Gasteiger partial charge < -0.3 is 10.1 Å². The van der Waals surface area contributed by atoms with Crippen LogP contribution in [0.5, 0.6) is 5.75 Å². The highest BCUT2D eigenvalue weighted by Crippen LogP contribution is 2.28. The van der Waals surface area contributed by atoms with Gasteiger partial charge >= 0.3 is 0 Å². The van der Waals surface area contributed by atoms with Crippen LogP contribution >= 0.6 is 11.6 Å². The van der Waals surface area contributed by atoms with Crippen LogP contribution in [0.3, 0.4) is 0 Å². The summed E-state index contributed by atoms with van der Waals surface area (Å²) in [5.41, 5.74) is 0. The van der Waals surface area contributed by atoms with Crippen LogP contribution in [-0.2, 0) is 10.0 Å². The first-order valence-corrected chi connectivity index (χ1v) is 8.76. The first kappa shape index (κ1) is 17.3. The standard InChI is InChI=1S/C14H17ClN4O3S/c1-3-8-16-13-6-7-14(18-17-13)19-23(20,21)12-9-10(15)4-5-11(12)22-2/h4-7,9H,3,8H2,1-2H3,(H,16,17)(H,18,19). The van der Waals surface area contributed by atoms with Crippen molar-refractivity contribution >= 4 is 33.3 Å². The van der Waals surface area contributed by atoms with Gasteiger partial charge in [-0.15, -0.1) is 10.2 Å². The van der Waals surface area contributed by atoms with Gasteiger partial charge in [-0.05, 0) is 36.8 Å². The fourth-order valence-corrected chi connectivity index (χ4v) is 3.22. The average Bonchev–Trinajstić information content (AvgIpc) is 2.54. The second-order valence-corrected chi connectivity index (χ2v) is 6.72. The molecule has 0 unspecified atom stereocenters. The van der Waals surface area contributed by atoms with Crippen molar-refractivity contribution in [2.24, 2.45) is 0 Å². The molecule has 1 heterocycles. The topological polar surface area (TPSA) is 93.2 Å². The molecule has 0 atom stereocenters. The van der Waals surface area contributed by atoms with Gasteiger partial charge in [0, 0.05) is 11.6 Å². The van der Waals surface area contributed by atoms with E-state index < -0.39 is 10.0 Å². The maximum absolute atomic E-state index is 12.5. The zero-order valence-electron chi connectivity index (χ0n) is 12.7. The number of ether oxygens (including phenoxy) is 1. The van der Waals surface area contributed by atoms with Crippen LogP contribution in [-0.4, -0.2) is 32.3 Å². The second-order valence-electron chi connectivity index (χ2n) is 4.63. The highest BCUT2D eigenvalue weighted by molar-refractivity contribution is 7.92.